The Labute approximate surface area is 152 Å². The summed E-state index contributed by atoms with van der Waals surface area (Å²) in [5, 5.41) is 13.2. The maximum absolute atomic E-state index is 12.8. The minimum Gasteiger partial charge on any atom is -0.477 e. The molecule has 2 amide bonds. The first-order valence-corrected chi connectivity index (χ1v) is 9.17. The van der Waals surface area contributed by atoms with Gasteiger partial charge in [0, 0.05) is 24.0 Å². The molecule has 2 aliphatic rings. The summed E-state index contributed by atoms with van der Waals surface area (Å²) in [7, 11) is 0. The Hall–Kier alpha value is -3.00. The van der Waals surface area contributed by atoms with Crippen molar-refractivity contribution in [3.05, 3.63) is 41.2 Å². The number of hydrogen-bond acceptors (Lipinski definition) is 5. The van der Waals surface area contributed by atoms with Gasteiger partial charge in [-0.1, -0.05) is 6.42 Å². The van der Waals surface area contributed by atoms with Gasteiger partial charge in [0.05, 0.1) is 22.4 Å². The molecule has 0 saturated heterocycles. The number of anilines is 3. The van der Waals surface area contributed by atoms with Gasteiger partial charge in [-0.15, -0.1) is 11.3 Å². The van der Waals surface area contributed by atoms with Gasteiger partial charge in [0.1, 0.15) is 9.71 Å². The topological polar surface area (TPSA) is 95.4 Å². The Bertz CT molecular complexity index is 1070. The van der Waals surface area contributed by atoms with E-state index >= 15 is 0 Å². The van der Waals surface area contributed by atoms with E-state index < -0.39 is 5.97 Å². The maximum atomic E-state index is 12.8. The molecule has 1 aliphatic heterocycles. The molecule has 4 heterocycles. The molecule has 1 saturated carbocycles. The van der Waals surface area contributed by atoms with Gasteiger partial charge < -0.3 is 10.4 Å². The Balaban J connectivity index is 1.73. The second-order valence-corrected chi connectivity index (χ2v) is 7.45. The number of thiophene rings is 1. The average molecular weight is 366 g/mol. The average Bonchev–Trinajstić information content (AvgIpc) is 2.95. The Morgan fingerprint density at radius 1 is 1.27 bits per heavy atom. The minimum absolute atomic E-state index is 0.108. The number of pyridine rings is 2. The van der Waals surface area contributed by atoms with Crippen LogP contribution in [0.25, 0.3) is 10.2 Å². The van der Waals surface area contributed by atoms with Crippen molar-refractivity contribution in [2.45, 2.75) is 25.2 Å². The Morgan fingerprint density at radius 2 is 2.08 bits per heavy atom. The largest absolute Gasteiger partial charge is 0.477 e. The molecule has 8 heteroatoms. The summed E-state index contributed by atoms with van der Waals surface area (Å²) in [6.45, 7) is 0. The first kappa shape index (κ1) is 15.3. The van der Waals surface area contributed by atoms with Gasteiger partial charge in [-0.2, -0.15) is 0 Å². The van der Waals surface area contributed by atoms with E-state index in [4.69, 9.17) is 0 Å². The van der Waals surface area contributed by atoms with Crippen LogP contribution in [0, 0.1) is 0 Å². The number of urea groups is 1. The summed E-state index contributed by atoms with van der Waals surface area (Å²) >= 11 is 1.08. The summed E-state index contributed by atoms with van der Waals surface area (Å²) in [5.74, 6) is -0.653. The first-order valence-electron chi connectivity index (χ1n) is 8.35. The fraction of sp³-hybridized carbons (Fsp3) is 0.222. The lowest BCUT2D eigenvalue weighted by molar-refractivity contribution is 0.0703. The van der Waals surface area contributed by atoms with Crippen molar-refractivity contribution in [3.63, 3.8) is 0 Å². The zero-order valence-corrected chi connectivity index (χ0v) is 14.4. The highest BCUT2D eigenvalue weighted by molar-refractivity contribution is 7.21. The van der Waals surface area contributed by atoms with Crippen molar-refractivity contribution in [2.24, 2.45) is 0 Å². The number of nitrogens with zero attached hydrogens (tertiary/aromatic N) is 3. The van der Waals surface area contributed by atoms with Crippen molar-refractivity contribution in [1.82, 2.24) is 9.97 Å². The molecule has 0 spiro atoms. The third-order valence-electron chi connectivity index (χ3n) is 4.98. The van der Waals surface area contributed by atoms with Crippen LogP contribution < -0.4 is 10.2 Å². The number of carbonyl (C=O) groups excluding carboxylic acids is 1. The molecule has 0 bridgehead atoms. The summed E-state index contributed by atoms with van der Waals surface area (Å²) in [4.78, 5) is 35.5. The number of rotatable bonds is 3. The van der Waals surface area contributed by atoms with Gasteiger partial charge in [-0.25, -0.2) is 14.6 Å². The number of nitrogens with one attached hydrogen (secondary N) is 1. The molecule has 1 aliphatic carbocycles. The van der Waals surface area contributed by atoms with Gasteiger partial charge >= 0.3 is 12.0 Å². The lowest BCUT2D eigenvalue weighted by atomic mass is 9.82. The summed E-state index contributed by atoms with van der Waals surface area (Å²) in [6, 6.07) is 4.93. The monoisotopic (exact) mass is 366 g/mol. The van der Waals surface area contributed by atoms with Crippen molar-refractivity contribution < 1.29 is 14.7 Å². The third kappa shape index (κ3) is 2.12. The van der Waals surface area contributed by atoms with Crippen LogP contribution in [0.2, 0.25) is 0 Å². The number of carbonyl (C=O) groups is 2. The van der Waals surface area contributed by atoms with Gasteiger partial charge in [-0.3, -0.25) is 9.88 Å². The van der Waals surface area contributed by atoms with Crippen LogP contribution in [0.5, 0.6) is 0 Å². The standard InChI is InChI=1S/C18H14N4O3S/c23-17(24)15-14-13-11(5-7-20-16(13)26-15)21-18(25)22(14)10-4-6-19-12(8-10)9-2-1-3-9/h4-9H,1-3H2,(H,21,25)(H,23,24). The minimum atomic E-state index is -1.07. The van der Waals surface area contributed by atoms with E-state index in [0.29, 0.717) is 33.2 Å². The van der Waals surface area contributed by atoms with Crippen molar-refractivity contribution in [1.29, 1.82) is 0 Å². The smallest absolute Gasteiger partial charge is 0.348 e. The Morgan fingerprint density at radius 3 is 2.81 bits per heavy atom. The van der Waals surface area contributed by atoms with Crippen molar-refractivity contribution in [3.8, 4) is 0 Å². The number of hydrogen-bond donors (Lipinski definition) is 2. The zero-order chi connectivity index (χ0) is 17.8. The molecule has 7 nitrogen and oxygen atoms in total. The molecule has 5 rings (SSSR count). The molecule has 26 heavy (non-hydrogen) atoms. The van der Waals surface area contributed by atoms with E-state index in [0.717, 1.165) is 29.9 Å². The molecule has 1 fully saturated rings. The van der Waals surface area contributed by atoms with Crippen LogP contribution >= 0.6 is 11.3 Å². The van der Waals surface area contributed by atoms with E-state index in [9.17, 15) is 14.7 Å². The quantitative estimate of drug-likeness (QED) is 0.719. The zero-order valence-electron chi connectivity index (χ0n) is 13.6. The predicted molar refractivity (Wildman–Crippen MR) is 98.6 cm³/mol. The lowest BCUT2D eigenvalue weighted by Crippen LogP contribution is -2.34. The van der Waals surface area contributed by atoms with Gasteiger partial charge in [0.15, 0.2) is 0 Å². The summed E-state index contributed by atoms with van der Waals surface area (Å²) in [6.07, 6.45) is 6.63. The van der Waals surface area contributed by atoms with Gasteiger partial charge in [0.2, 0.25) is 0 Å². The van der Waals surface area contributed by atoms with E-state index in [1.54, 1.807) is 24.5 Å². The highest BCUT2D eigenvalue weighted by atomic mass is 32.1. The number of carboxylic acid groups (broad SMARTS) is 1. The summed E-state index contributed by atoms with van der Waals surface area (Å²) in [5.41, 5.74) is 2.54. The number of aromatic carboxylic acids is 1. The second kappa shape index (κ2) is 5.50. The molecule has 3 aromatic heterocycles. The van der Waals surface area contributed by atoms with Crippen LogP contribution in [-0.2, 0) is 0 Å². The molecular formula is C18H14N4O3S. The third-order valence-corrected chi connectivity index (χ3v) is 6.05. The van der Waals surface area contributed by atoms with Crippen LogP contribution in [0.3, 0.4) is 0 Å². The predicted octanol–water partition coefficient (Wildman–Crippen LogP) is 4.34. The maximum Gasteiger partial charge on any atom is 0.348 e. The van der Waals surface area contributed by atoms with Crippen molar-refractivity contribution in [2.75, 3.05) is 10.2 Å². The highest BCUT2D eigenvalue weighted by Crippen LogP contribution is 2.47. The molecule has 0 radical (unpaired) electrons. The number of aromatic nitrogens is 2. The van der Waals surface area contributed by atoms with Crippen LogP contribution in [-0.4, -0.2) is 27.1 Å². The van der Waals surface area contributed by atoms with E-state index in [1.807, 2.05) is 6.07 Å². The van der Waals surface area contributed by atoms with Crippen molar-refractivity contribution >= 4 is 50.6 Å². The van der Waals surface area contributed by atoms with Crippen LogP contribution in [0.15, 0.2) is 30.6 Å². The summed E-state index contributed by atoms with van der Waals surface area (Å²) < 4.78 is 0. The normalized spacial score (nSPS) is 16.5. The van der Waals surface area contributed by atoms with Gasteiger partial charge in [0.25, 0.3) is 0 Å². The number of carboxylic acids is 1. The molecular weight excluding hydrogens is 352 g/mol. The SMILES string of the molecule is O=C(O)c1sc2nccc3c2c1N(c1ccnc(C2CCC2)c1)C(=O)N3. The van der Waals surface area contributed by atoms with E-state index in [2.05, 4.69) is 15.3 Å². The molecule has 0 aromatic carbocycles. The highest BCUT2D eigenvalue weighted by Gasteiger charge is 2.34. The first-order chi connectivity index (χ1) is 12.6. The lowest BCUT2D eigenvalue weighted by Gasteiger charge is -2.30. The second-order valence-electron chi connectivity index (χ2n) is 6.46. The molecule has 2 N–H and O–H groups in total. The number of amides is 2. The molecule has 3 aromatic rings. The Kier molecular flexibility index (Phi) is 3.23. The van der Waals surface area contributed by atoms with E-state index in [1.165, 1.54) is 11.3 Å². The fourth-order valence-electron chi connectivity index (χ4n) is 3.49. The molecule has 0 atom stereocenters. The fourth-order valence-corrected chi connectivity index (χ4v) is 4.48. The van der Waals surface area contributed by atoms with Gasteiger partial charge in [-0.05, 0) is 31.0 Å². The molecule has 130 valence electrons. The van der Waals surface area contributed by atoms with E-state index in [-0.39, 0.29) is 10.9 Å². The molecule has 0 unspecified atom stereocenters. The van der Waals surface area contributed by atoms with Crippen LogP contribution in [0.1, 0.15) is 40.5 Å². The van der Waals surface area contributed by atoms with Crippen LogP contribution in [0.4, 0.5) is 21.9 Å².